The summed E-state index contributed by atoms with van der Waals surface area (Å²) in [5.41, 5.74) is 0. The number of carboxylic acids is 1. The number of benzene rings is 1. The molecule has 1 N–H and O–H groups in total. The summed E-state index contributed by atoms with van der Waals surface area (Å²) in [5.74, 6) is 0.435. The zero-order valence-corrected chi connectivity index (χ0v) is 16.1. The Morgan fingerprint density at radius 2 is 2.00 bits per heavy atom. The number of para-hydroxylation sites is 2. The van der Waals surface area contributed by atoms with Crippen LogP contribution < -0.4 is 9.47 Å². The molecule has 2 aliphatic rings. The molecule has 2 heterocycles. The summed E-state index contributed by atoms with van der Waals surface area (Å²) in [4.78, 5) is 27.9. The SMILES string of the molecule is CC1CC(C(=O)O)CN(C(C)C(=O)N(C)CC2COc3ccccc3O2)C1. The number of amides is 1. The fraction of sp³-hybridized carbons (Fsp3) is 0.600. The molecule has 3 rings (SSSR count). The summed E-state index contributed by atoms with van der Waals surface area (Å²) in [5, 5.41) is 9.35. The molecule has 1 amide bonds. The molecule has 1 fully saturated rings. The van der Waals surface area contributed by atoms with Crippen molar-refractivity contribution in [3.63, 3.8) is 0 Å². The quantitative estimate of drug-likeness (QED) is 0.843. The highest BCUT2D eigenvalue weighted by Gasteiger charge is 2.35. The second kappa shape index (κ2) is 8.17. The van der Waals surface area contributed by atoms with E-state index in [9.17, 15) is 14.7 Å². The molecular weight excluding hydrogens is 348 g/mol. The smallest absolute Gasteiger partial charge is 0.307 e. The number of carbonyl (C=O) groups is 2. The Hall–Kier alpha value is -2.28. The molecule has 1 aromatic carbocycles. The molecule has 4 unspecified atom stereocenters. The maximum Gasteiger partial charge on any atom is 0.307 e. The number of carbonyl (C=O) groups excluding carboxylic acids is 1. The highest BCUT2D eigenvalue weighted by molar-refractivity contribution is 5.81. The first-order valence-electron chi connectivity index (χ1n) is 9.45. The zero-order chi connectivity index (χ0) is 19.6. The molecule has 0 radical (unpaired) electrons. The molecule has 7 nitrogen and oxygen atoms in total. The maximum absolute atomic E-state index is 12.9. The number of piperidine rings is 1. The van der Waals surface area contributed by atoms with Gasteiger partial charge in [0.25, 0.3) is 0 Å². The third kappa shape index (κ3) is 4.53. The monoisotopic (exact) mass is 376 g/mol. The molecule has 4 atom stereocenters. The minimum Gasteiger partial charge on any atom is -0.486 e. The van der Waals surface area contributed by atoms with E-state index in [-0.39, 0.29) is 24.0 Å². The Morgan fingerprint density at radius 1 is 1.30 bits per heavy atom. The van der Waals surface area contributed by atoms with E-state index in [2.05, 4.69) is 0 Å². The number of rotatable bonds is 5. The summed E-state index contributed by atoms with van der Waals surface area (Å²) in [6, 6.07) is 7.13. The fourth-order valence-electron chi connectivity index (χ4n) is 3.91. The number of hydrogen-bond acceptors (Lipinski definition) is 5. The van der Waals surface area contributed by atoms with Crippen LogP contribution in [0.1, 0.15) is 20.3 Å². The van der Waals surface area contributed by atoms with Gasteiger partial charge in [-0.3, -0.25) is 14.5 Å². The van der Waals surface area contributed by atoms with Crippen LogP contribution in [0.4, 0.5) is 0 Å². The molecule has 1 aromatic rings. The van der Waals surface area contributed by atoms with Gasteiger partial charge >= 0.3 is 5.97 Å². The number of fused-ring (bicyclic) bond motifs is 1. The Morgan fingerprint density at radius 3 is 2.70 bits per heavy atom. The highest BCUT2D eigenvalue weighted by Crippen LogP contribution is 2.31. The maximum atomic E-state index is 12.9. The number of nitrogens with zero attached hydrogens (tertiary/aromatic N) is 2. The Bertz CT molecular complexity index is 695. The lowest BCUT2D eigenvalue weighted by Crippen LogP contribution is -2.53. The standard InChI is InChI=1S/C20H28N2O5/c1-13-8-15(20(24)25)10-22(9-13)14(2)19(23)21(3)11-16-12-26-17-6-4-5-7-18(17)27-16/h4-7,13-16H,8-12H2,1-3H3,(H,24,25). The number of carboxylic acid groups (broad SMARTS) is 1. The number of likely N-dealkylation sites (N-methyl/N-ethyl adjacent to an activating group) is 1. The van der Waals surface area contributed by atoms with Gasteiger partial charge in [-0.2, -0.15) is 0 Å². The fourth-order valence-corrected chi connectivity index (χ4v) is 3.91. The van der Waals surface area contributed by atoms with Gasteiger partial charge in [0.15, 0.2) is 17.6 Å². The van der Waals surface area contributed by atoms with E-state index in [1.165, 1.54) is 0 Å². The van der Waals surface area contributed by atoms with Crippen LogP contribution in [0.15, 0.2) is 24.3 Å². The lowest BCUT2D eigenvalue weighted by molar-refractivity contribution is -0.147. The van der Waals surface area contributed by atoms with Crippen molar-refractivity contribution in [2.45, 2.75) is 32.4 Å². The molecule has 0 aromatic heterocycles. The normalized spacial score (nSPS) is 26.3. The summed E-state index contributed by atoms with van der Waals surface area (Å²) < 4.78 is 11.6. The third-order valence-electron chi connectivity index (χ3n) is 5.36. The lowest BCUT2D eigenvalue weighted by atomic mass is 9.89. The summed E-state index contributed by atoms with van der Waals surface area (Å²) >= 11 is 0. The van der Waals surface area contributed by atoms with Crippen LogP contribution in [0.25, 0.3) is 0 Å². The third-order valence-corrected chi connectivity index (χ3v) is 5.36. The van der Waals surface area contributed by atoms with E-state index in [4.69, 9.17) is 9.47 Å². The van der Waals surface area contributed by atoms with Crippen molar-refractivity contribution in [3.05, 3.63) is 24.3 Å². The van der Waals surface area contributed by atoms with Gasteiger partial charge in [0.2, 0.25) is 5.91 Å². The first-order chi connectivity index (χ1) is 12.8. The van der Waals surface area contributed by atoms with Gasteiger partial charge in [0, 0.05) is 20.1 Å². The van der Waals surface area contributed by atoms with Gasteiger partial charge in [-0.05, 0) is 31.4 Å². The molecule has 27 heavy (non-hydrogen) atoms. The van der Waals surface area contributed by atoms with Crippen LogP contribution in [-0.4, -0.2) is 72.2 Å². The van der Waals surface area contributed by atoms with Crippen molar-refractivity contribution >= 4 is 11.9 Å². The Labute approximate surface area is 159 Å². The van der Waals surface area contributed by atoms with Crippen molar-refractivity contribution in [2.24, 2.45) is 11.8 Å². The Kier molecular flexibility index (Phi) is 5.89. The van der Waals surface area contributed by atoms with Gasteiger partial charge in [0.05, 0.1) is 18.5 Å². The summed E-state index contributed by atoms with van der Waals surface area (Å²) in [6.07, 6.45) is 0.433. The van der Waals surface area contributed by atoms with Gasteiger partial charge < -0.3 is 19.5 Å². The predicted octanol–water partition coefficient (Wildman–Crippen LogP) is 1.72. The minimum absolute atomic E-state index is 0.0318. The van der Waals surface area contributed by atoms with Crippen LogP contribution in [0.5, 0.6) is 11.5 Å². The summed E-state index contributed by atoms with van der Waals surface area (Å²) in [6.45, 7) is 5.85. The van der Waals surface area contributed by atoms with Crippen molar-refractivity contribution in [2.75, 3.05) is 33.3 Å². The van der Waals surface area contributed by atoms with Crippen LogP contribution in [0.2, 0.25) is 0 Å². The number of aliphatic carboxylic acids is 1. The van der Waals surface area contributed by atoms with Gasteiger partial charge in [-0.15, -0.1) is 0 Å². The molecule has 7 heteroatoms. The average molecular weight is 376 g/mol. The first-order valence-corrected chi connectivity index (χ1v) is 9.45. The number of likely N-dealkylation sites (tertiary alicyclic amines) is 1. The lowest BCUT2D eigenvalue weighted by Gasteiger charge is -2.39. The second-order valence-corrected chi connectivity index (χ2v) is 7.72. The largest absolute Gasteiger partial charge is 0.486 e. The zero-order valence-electron chi connectivity index (χ0n) is 16.1. The van der Waals surface area contributed by atoms with E-state index in [0.29, 0.717) is 31.9 Å². The van der Waals surface area contributed by atoms with E-state index >= 15 is 0 Å². The predicted molar refractivity (Wildman–Crippen MR) is 99.9 cm³/mol. The van der Waals surface area contributed by atoms with Crippen molar-refractivity contribution in [1.29, 1.82) is 0 Å². The van der Waals surface area contributed by atoms with E-state index < -0.39 is 11.9 Å². The molecule has 0 aliphatic carbocycles. The molecule has 0 bridgehead atoms. The topological polar surface area (TPSA) is 79.3 Å². The van der Waals surface area contributed by atoms with E-state index in [0.717, 1.165) is 12.3 Å². The molecule has 2 aliphatic heterocycles. The van der Waals surface area contributed by atoms with Crippen molar-refractivity contribution < 1.29 is 24.2 Å². The molecule has 0 saturated carbocycles. The van der Waals surface area contributed by atoms with Crippen LogP contribution in [0.3, 0.4) is 0 Å². The van der Waals surface area contributed by atoms with E-state index in [1.54, 1.807) is 11.9 Å². The van der Waals surface area contributed by atoms with Gasteiger partial charge in [-0.25, -0.2) is 0 Å². The van der Waals surface area contributed by atoms with Gasteiger partial charge in [-0.1, -0.05) is 19.1 Å². The Balaban J connectivity index is 1.57. The molecule has 148 valence electrons. The average Bonchev–Trinajstić information content (AvgIpc) is 2.66. The van der Waals surface area contributed by atoms with Crippen LogP contribution in [0, 0.1) is 11.8 Å². The van der Waals surface area contributed by atoms with Crippen molar-refractivity contribution in [1.82, 2.24) is 9.80 Å². The van der Waals surface area contributed by atoms with Crippen LogP contribution >= 0.6 is 0 Å². The molecule has 1 saturated heterocycles. The number of hydrogen-bond donors (Lipinski definition) is 1. The first kappa shape index (κ1) is 19.5. The minimum atomic E-state index is -0.786. The van der Waals surface area contributed by atoms with Gasteiger partial charge in [0.1, 0.15) is 6.61 Å². The summed E-state index contributed by atoms with van der Waals surface area (Å²) in [7, 11) is 1.75. The second-order valence-electron chi connectivity index (χ2n) is 7.72. The highest BCUT2D eigenvalue weighted by atomic mass is 16.6. The van der Waals surface area contributed by atoms with Crippen LogP contribution in [-0.2, 0) is 9.59 Å². The molecular formula is C20H28N2O5. The van der Waals surface area contributed by atoms with E-state index in [1.807, 2.05) is 43.0 Å². The number of ether oxygens (including phenoxy) is 2. The van der Waals surface area contributed by atoms with Crippen molar-refractivity contribution in [3.8, 4) is 11.5 Å². The molecule has 0 spiro atoms.